The van der Waals surface area contributed by atoms with E-state index < -0.39 is 11.8 Å². The van der Waals surface area contributed by atoms with Crippen LogP contribution in [0.3, 0.4) is 0 Å². The number of carbonyl (C=O) groups excluding carboxylic acids is 1. The van der Waals surface area contributed by atoms with Crippen LogP contribution in [-0.2, 0) is 4.79 Å². The molecule has 0 bridgehead atoms. The van der Waals surface area contributed by atoms with Gasteiger partial charge in [0.2, 0.25) is 0 Å². The lowest BCUT2D eigenvalue weighted by molar-refractivity contribution is -0.139. The van der Waals surface area contributed by atoms with Crippen molar-refractivity contribution in [3.8, 4) is 0 Å². The lowest BCUT2D eigenvalue weighted by Crippen LogP contribution is -2.55. The molecule has 1 saturated heterocycles. The molecule has 0 unspecified atom stereocenters. The Morgan fingerprint density at radius 1 is 1.40 bits per heavy atom. The Labute approximate surface area is 116 Å². The minimum atomic E-state index is -0.858. The van der Waals surface area contributed by atoms with E-state index in [1.165, 1.54) is 11.0 Å². The molecule has 1 N–H and O–H groups in total. The zero-order valence-corrected chi connectivity index (χ0v) is 11.3. The van der Waals surface area contributed by atoms with E-state index in [-0.39, 0.29) is 24.1 Å². The zero-order chi connectivity index (χ0) is 14.7. The summed E-state index contributed by atoms with van der Waals surface area (Å²) in [6.07, 6.45) is 0.0651. The zero-order valence-electron chi connectivity index (χ0n) is 11.3. The predicted molar refractivity (Wildman–Crippen MR) is 72.1 cm³/mol. The number of carbonyl (C=O) groups is 2. The fourth-order valence-corrected chi connectivity index (χ4v) is 2.35. The Kier molecular flexibility index (Phi) is 4.22. The smallest absolute Gasteiger partial charge is 0.324 e. The number of likely N-dealkylation sites (tertiary alicyclic amines) is 1. The van der Waals surface area contributed by atoms with Gasteiger partial charge in [-0.2, -0.15) is 0 Å². The van der Waals surface area contributed by atoms with E-state index in [0.717, 1.165) is 0 Å². The van der Waals surface area contributed by atoms with Gasteiger partial charge >= 0.3 is 12.0 Å². The number of halogens is 1. The number of urea groups is 1. The predicted octanol–water partition coefficient (Wildman–Crippen LogP) is 2.18. The maximum Gasteiger partial charge on any atom is 0.324 e. The number of hydrogen-bond acceptors (Lipinski definition) is 2. The number of carboxylic acids is 1. The molecule has 0 radical (unpaired) electrons. The van der Waals surface area contributed by atoms with E-state index in [1.54, 1.807) is 30.0 Å². The van der Waals surface area contributed by atoms with Crippen LogP contribution >= 0.6 is 0 Å². The summed E-state index contributed by atoms with van der Waals surface area (Å²) in [4.78, 5) is 25.8. The summed E-state index contributed by atoms with van der Waals surface area (Å²) < 4.78 is 13.7. The van der Waals surface area contributed by atoms with E-state index in [9.17, 15) is 14.0 Å². The number of para-hydroxylation sites is 1. The molecule has 0 aliphatic carbocycles. The average Bonchev–Trinajstić information content (AvgIpc) is 2.36. The molecule has 1 aliphatic rings. The van der Waals surface area contributed by atoms with Crippen molar-refractivity contribution in [1.82, 2.24) is 4.90 Å². The number of carboxylic acid groups (broad SMARTS) is 1. The third kappa shape index (κ3) is 2.89. The lowest BCUT2D eigenvalue weighted by atomic mass is 9.97. The molecule has 1 aromatic carbocycles. The molecule has 20 heavy (non-hydrogen) atoms. The van der Waals surface area contributed by atoms with Crippen molar-refractivity contribution in [3.05, 3.63) is 30.1 Å². The molecule has 1 aromatic rings. The van der Waals surface area contributed by atoms with Crippen molar-refractivity contribution < 1.29 is 19.1 Å². The van der Waals surface area contributed by atoms with Gasteiger partial charge in [0.25, 0.3) is 0 Å². The standard InChI is InChI=1S/C14H17FN2O3/c1-2-17(12-6-4-3-5-11(12)15)14(20)16-8-10(9-16)7-13(18)19/h3-6,10H,2,7-9H2,1H3,(H,18,19). The van der Waals surface area contributed by atoms with E-state index in [0.29, 0.717) is 19.6 Å². The number of amides is 2. The molecule has 1 aliphatic heterocycles. The van der Waals surface area contributed by atoms with Gasteiger partial charge < -0.3 is 10.0 Å². The third-order valence-electron chi connectivity index (χ3n) is 3.38. The van der Waals surface area contributed by atoms with Crippen LogP contribution in [0.4, 0.5) is 14.9 Å². The quantitative estimate of drug-likeness (QED) is 0.919. The second-order valence-corrected chi connectivity index (χ2v) is 4.85. The molecule has 0 atom stereocenters. The summed E-state index contributed by atoms with van der Waals surface area (Å²) in [5.74, 6) is -1.30. The maximum absolute atomic E-state index is 13.7. The number of hydrogen-bond donors (Lipinski definition) is 1. The molecule has 1 fully saturated rings. The minimum absolute atomic E-state index is 0.00391. The van der Waals surface area contributed by atoms with E-state index in [4.69, 9.17) is 5.11 Å². The highest BCUT2D eigenvalue weighted by atomic mass is 19.1. The third-order valence-corrected chi connectivity index (χ3v) is 3.38. The van der Waals surface area contributed by atoms with Crippen LogP contribution in [-0.4, -0.2) is 41.6 Å². The molecule has 1 heterocycles. The highest BCUT2D eigenvalue weighted by molar-refractivity contribution is 5.92. The second kappa shape index (κ2) is 5.90. The van der Waals surface area contributed by atoms with E-state index in [2.05, 4.69) is 0 Å². The van der Waals surface area contributed by atoms with Gasteiger partial charge in [0.1, 0.15) is 5.82 Å². The fourth-order valence-electron chi connectivity index (χ4n) is 2.35. The van der Waals surface area contributed by atoms with Crippen LogP contribution in [0.1, 0.15) is 13.3 Å². The fraction of sp³-hybridized carbons (Fsp3) is 0.429. The molecule has 0 spiro atoms. The van der Waals surface area contributed by atoms with E-state index in [1.807, 2.05) is 0 Å². The van der Waals surface area contributed by atoms with Crippen molar-refractivity contribution in [3.63, 3.8) is 0 Å². The SMILES string of the molecule is CCN(C(=O)N1CC(CC(=O)O)C1)c1ccccc1F. The Morgan fingerprint density at radius 3 is 2.60 bits per heavy atom. The first kappa shape index (κ1) is 14.3. The first-order valence-electron chi connectivity index (χ1n) is 6.55. The van der Waals surface area contributed by atoms with Gasteiger partial charge in [0, 0.05) is 25.6 Å². The van der Waals surface area contributed by atoms with Crippen LogP contribution < -0.4 is 4.90 Å². The van der Waals surface area contributed by atoms with Crippen LogP contribution in [0, 0.1) is 11.7 Å². The second-order valence-electron chi connectivity index (χ2n) is 4.85. The van der Waals surface area contributed by atoms with Gasteiger partial charge in [-0.1, -0.05) is 12.1 Å². The lowest BCUT2D eigenvalue weighted by Gasteiger charge is -2.41. The van der Waals surface area contributed by atoms with Gasteiger partial charge in [0.05, 0.1) is 12.1 Å². The molecule has 0 aromatic heterocycles. The number of nitrogens with zero attached hydrogens (tertiary/aromatic N) is 2. The summed E-state index contributed by atoms with van der Waals surface area (Å²) >= 11 is 0. The van der Waals surface area contributed by atoms with Crippen LogP contribution in [0.25, 0.3) is 0 Å². The largest absolute Gasteiger partial charge is 0.481 e. The van der Waals surface area contributed by atoms with Gasteiger partial charge in [-0.3, -0.25) is 9.69 Å². The first-order valence-corrected chi connectivity index (χ1v) is 6.55. The number of benzene rings is 1. The van der Waals surface area contributed by atoms with Crippen molar-refractivity contribution in [2.24, 2.45) is 5.92 Å². The Morgan fingerprint density at radius 2 is 2.05 bits per heavy atom. The molecule has 6 heteroatoms. The summed E-state index contributed by atoms with van der Waals surface area (Å²) in [6.45, 7) is 2.96. The summed E-state index contributed by atoms with van der Waals surface area (Å²) in [7, 11) is 0. The van der Waals surface area contributed by atoms with Gasteiger partial charge in [0.15, 0.2) is 0 Å². The summed E-state index contributed by atoms with van der Waals surface area (Å²) in [6, 6.07) is 5.85. The minimum Gasteiger partial charge on any atom is -0.481 e. The van der Waals surface area contributed by atoms with Crippen LogP contribution in [0.2, 0.25) is 0 Å². The number of aliphatic carboxylic acids is 1. The maximum atomic E-state index is 13.7. The van der Waals surface area contributed by atoms with Crippen molar-refractivity contribution >= 4 is 17.7 Å². The Balaban J connectivity index is 2.01. The van der Waals surface area contributed by atoms with Crippen LogP contribution in [0.15, 0.2) is 24.3 Å². The molecule has 2 rings (SSSR count). The van der Waals surface area contributed by atoms with Gasteiger partial charge in [-0.25, -0.2) is 9.18 Å². The Hall–Kier alpha value is -2.11. The van der Waals surface area contributed by atoms with Gasteiger partial charge in [-0.15, -0.1) is 0 Å². The molecular formula is C14H17FN2O3. The highest BCUT2D eigenvalue weighted by Crippen LogP contribution is 2.25. The van der Waals surface area contributed by atoms with Crippen molar-refractivity contribution in [1.29, 1.82) is 0 Å². The first-order chi connectivity index (χ1) is 9.52. The normalized spacial score (nSPS) is 14.8. The molecule has 108 valence electrons. The molecule has 5 nitrogen and oxygen atoms in total. The monoisotopic (exact) mass is 280 g/mol. The summed E-state index contributed by atoms with van der Waals surface area (Å²) in [5, 5.41) is 8.68. The van der Waals surface area contributed by atoms with Gasteiger partial charge in [-0.05, 0) is 19.1 Å². The topological polar surface area (TPSA) is 60.9 Å². The molecule has 2 amide bonds. The van der Waals surface area contributed by atoms with Crippen LogP contribution in [0.5, 0.6) is 0 Å². The molecule has 0 saturated carbocycles. The van der Waals surface area contributed by atoms with Crippen molar-refractivity contribution in [2.75, 3.05) is 24.5 Å². The highest BCUT2D eigenvalue weighted by Gasteiger charge is 2.34. The Bertz CT molecular complexity index is 515. The average molecular weight is 280 g/mol. The van der Waals surface area contributed by atoms with Crippen molar-refractivity contribution in [2.45, 2.75) is 13.3 Å². The van der Waals surface area contributed by atoms with E-state index >= 15 is 0 Å². The molecular weight excluding hydrogens is 263 g/mol. The number of anilines is 1. The summed E-state index contributed by atoms with van der Waals surface area (Å²) in [5.41, 5.74) is 0.252. The number of rotatable bonds is 4.